The number of esters is 2. The second-order valence-corrected chi connectivity index (χ2v) is 4.59. The monoisotopic (exact) mass is 377 g/mol. The van der Waals surface area contributed by atoms with Crippen molar-refractivity contribution < 1.29 is 55.0 Å². The Morgan fingerprint density at radius 3 is 2.16 bits per heavy atom. The van der Waals surface area contributed by atoms with Crippen LogP contribution >= 0.6 is 0 Å². The molecule has 1 heterocycles. The third kappa shape index (κ3) is 3.79. The number of nitrogens with one attached hydrogen (secondary N) is 1. The zero-order valence-corrected chi connectivity index (χ0v) is 12.2. The topological polar surface area (TPSA) is 118 Å². The van der Waals surface area contributed by atoms with E-state index >= 15 is 0 Å². The average molecular weight is 377 g/mol. The average Bonchev–Trinajstić information content (AvgIpc) is 2.77. The zero-order chi connectivity index (χ0) is 19.6. The predicted octanol–water partition coefficient (Wildman–Crippen LogP) is 0.515. The molecule has 8 nitrogen and oxygen atoms in total. The van der Waals surface area contributed by atoms with Crippen molar-refractivity contribution in [3.63, 3.8) is 0 Å². The Balaban J connectivity index is 3.06. The maximum Gasteiger partial charge on any atom is 0.452 e. The summed E-state index contributed by atoms with van der Waals surface area (Å²) in [6.45, 7) is 1.05. The molecule has 0 unspecified atom stereocenters. The normalized spacial score (nSPS) is 19.8. The highest BCUT2D eigenvalue weighted by molar-refractivity contribution is 6.62. The molecule has 1 aliphatic rings. The summed E-state index contributed by atoms with van der Waals surface area (Å²) < 4.78 is 84.4. The van der Waals surface area contributed by atoms with Crippen LogP contribution in [0.2, 0.25) is 0 Å². The van der Waals surface area contributed by atoms with Gasteiger partial charge in [0.2, 0.25) is 0 Å². The van der Waals surface area contributed by atoms with E-state index in [9.17, 15) is 40.7 Å². The van der Waals surface area contributed by atoms with E-state index < -0.39 is 54.0 Å². The van der Waals surface area contributed by atoms with Crippen molar-refractivity contribution in [2.75, 3.05) is 6.61 Å². The molecular weight excluding hydrogens is 368 g/mol. The summed E-state index contributed by atoms with van der Waals surface area (Å²) in [6, 6.07) is -2.39. The molecule has 140 valence electrons. The molecule has 0 aromatic rings. The standard InChI is InChI=1S/C11H9F6N3O5/c1-2-24-8(23)6(20-18)5(21)3-4-7(22)25-9(19-4,10(12,13)14)11(15,16)17/h4,19H,2-3H2,1H3/t4-/m0/s1. The molecule has 1 N–H and O–H groups in total. The minimum atomic E-state index is -6.08. The quantitative estimate of drug-likeness (QED) is 0.186. The number of carbonyl (C=O) groups excluding carboxylic acids is 3. The summed E-state index contributed by atoms with van der Waals surface area (Å²) in [6.07, 6.45) is -13.5. The number of rotatable bonds is 5. The Morgan fingerprint density at radius 2 is 1.80 bits per heavy atom. The minimum absolute atomic E-state index is 0.264. The van der Waals surface area contributed by atoms with Crippen LogP contribution in [0.5, 0.6) is 0 Å². The van der Waals surface area contributed by atoms with Crippen LogP contribution in [-0.2, 0) is 23.9 Å². The lowest BCUT2D eigenvalue weighted by Gasteiger charge is -2.31. The first-order chi connectivity index (χ1) is 11.3. The molecule has 1 aliphatic heterocycles. The van der Waals surface area contributed by atoms with Crippen molar-refractivity contribution in [3.8, 4) is 0 Å². The maximum absolute atomic E-state index is 12.8. The van der Waals surface area contributed by atoms with Crippen LogP contribution in [0.4, 0.5) is 26.3 Å². The Hall–Kier alpha value is -2.47. The van der Waals surface area contributed by atoms with Gasteiger partial charge < -0.3 is 15.0 Å². The Bertz CT molecular complexity index is 623. The van der Waals surface area contributed by atoms with Crippen LogP contribution < -0.4 is 5.32 Å². The summed E-state index contributed by atoms with van der Waals surface area (Å²) in [5, 5.41) is 0.884. The maximum atomic E-state index is 12.8. The fraction of sp³-hybridized carbons (Fsp3) is 0.636. The molecular formula is C11H9F6N3O5. The minimum Gasteiger partial charge on any atom is -0.457 e. The molecule has 1 saturated heterocycles. The summed E-state index contributed by atoms with van der Waals surface area (Å²) in [4.78, 5) is 36.6. The van der Waals surface area contributed by atoms with Gasteiger partial charge >= 0.3 is 35.7 Å². The molecule has 1 atom stereocenters. The number of hydrogen-bond donors (Lipinski definition) is 1. The van der Waals surface area contributed by atoms with Gasteiger partial charge in [0.15, 0.2) is 0 Å². The zero-order valence-electron chi connectivity index (χ0n) is 12.2. The SMILES string of the molecule is CCOC(=O)C(=[N+]=[N-])C(=O)C[C@@H]1NC(C(F)(F)F)(C(F)(F)F)OC1=O. The number of ketones is 1. The van der Waals surface area contributed by atoms with Gasteiger partial charge in [0.05, 0.1) is 6.61 Å². The van der Waals surface area contributed by atoms with Gasteiger partial charge in [-0.3, -0.25) is 14.9 Å². The van der Waals surface area contributed by atoms with E-state index in [2.05, 4.69) is 14.3 Å². The number of halogens is 6. The van der Waals surface area contributed by atoms with Crippen LogP contribution in [0, 0.1) is 0 Å². The van der Waals surface area contributed by atoms with Crippen LogP contribution in [0.1, 0.15) is 13.3 Å². The third-order valence-electron chi connectivity index (χ3n) is 2.94. The van der Waals surface area contributed by atoms with Gasteiger partial charge in [0.25, 0.3) is 5.78 Å². The van der Waals surface area contributed by atoms with E-state index in [1.807, 2.05) is 0 Å². The molecule has 0 bridgehead atoms. The van der Waals surface area contributed by atoms with Crippen LogP contribution in [-0.4, -0.2) is 58.9 Å². The van der Waals surface area contributed by atoms with E-state index in [-0.39, 0.29) is 6.61 Å². The summed E-state index contributed by atoms with van der Waals surface area (Å²) in [5.74, 6) is -5.03. The fourth-order valence-corrected chi connectivity index (χ4v) is 1.82. The molecule has 1 rings (SSSR count). The number of carbonyl (C=O) groups is 3. The van der Waals surface area contributed by atoms with Crippen molar-refractivity contribution in [1.82, 2.24) is 5.32 Å². The highest BCUT2D eigenvalue weighted by atomic mass is 19.4. The fourth-order valence-electron chi connectivity index (χ4n) is 1.82. The van der Waals surface area contributed by atoms with Crippen molar-refractivity contribution in [3.05, 3.63) is 5.53 Å². The largest absolute Gasteiger partial charge is 0.457 e. The van der Waals surface area contributed by atoms with Gasteiger partial charge in [-0.1, -0.05) is 0 Å². The Morgan fingerprint density at radius 1 is 1.28 bits per heavy atom. The van der Waals surface area contributed by atoms with Gasteiger partial charge in [-0.25, -0.2) is 4.79 Å². The molecule has 25 heavy (non-hydrogen) atoms. The Labute approximate surface area is 134 Å². The number of nitrogens with zero attached hydrogens (tertiary/aromatic N) is 2. The van der Waals surface area contributed by atoms with Gasteiger partial charge in [0.1, 0.15) is 6.04 Å². The summed E-state index contributed by atoms with van der Waals surface area (Å²) in [5.41, 5.74) is 2.27. The van der Waals surface area contributed by atoms with Gasteiger partial charge in [-0.2, -0.15) is 31.1 Å². The van der Waals surface area contributed by atoms with E-state index in [0.29, 0.717) is 0 Å². The van der Waals surface area contributed by atoms with Gasteiger partial charge in [-0.15, -0.1) is 0 Å². The lowest BCUT2D eigenvalue weighted by Crippen LogP contribution is -2.65. The molecule has 0 aromatic carbocycles. The molecule has 0 aromatic heterocycles. The van der Waals surface area contributed by atoms with Crippen LogP contribution in [0.3, 0.4) is 0 Å². The van der Waals surface area contributed by atoms with E-state index in [1.54, 1.807) is 0 Å². The van der Waals surface area contributed by atoms with Crippen LogP contribution in [0.25, 0.3) is 5.53 Å². The lowest BCUT2D eigenvalue weighted by molar-refractivity contribution is -0.369. The van der Waals surface area contributed by atoms with E-state index in [0.717, 1.165) is 5.32 Å². The summed E-state index contributed by atoms with van der Waals surface area (Å²) >= 11 is 0. The molecule has 0 aliphatic carbocycles. The highest BCUT2D eigenvalue weighted by Crippen LogP contribution is 2.46. The van der Waals surface area contributed by atoms with Crippen molar-refractivity contribution in [2.45, 2.75) is 37.5 Å². The van der Waals surface area contributed by atoms with E-state index in [4.69, 9.17) is 5.53 Å². The molecule has 0 spiro atoms. The summed E-state index contributed by atoms with van der Waals surface area (Å²) in [7, 11) is 0. The molecule has 14 heteroatoms. The van der Waals surface area contributed by atoms with Crippen LogP contribution in [0.15, 0.2) is 0 Å². The number of cyclic esters (lactones) is 1. The van der Waals surface area contributed by atoms with Crippen molar-refractivity contribution in [1.29, 1.82) is 0 Å². The Kier molecular flexibility index (Phi) is 5.60. The van der Waals surface area contributed by atoms with Crippen molar-refractivity contribution in [2.24, 2.45) is 0 Å². The predicted molar refractivity (Wildman–Crippen MR) is 62.7 cm³/mol. The first-order valence-corrected chi connectivity index (χ1v) is 6.37. The second-order valence-electron chi connectivity index (χ2n) is 4.59. The molecule has 1 fully saturated rings. The number of ether oxygens (including phenoxy) is 2. The van der Waals surface area contributed by atoms with Gasteiger partial charge in [0, 0.05) is 6.42 Å². The number of alkyl halides is 6. The molecule has 0 amide bonds. The second kappa shape index (κ2) is 6.80. The third-order valence-corrected chi connectivity index (χ3v) is 2.94. The molecule has 0 radical (unpaired) electrons. The highest BCUT2D eigenvalue weighted by Gasteiger charge is 2.78. The van der Waals surface area contributed by atoms with Gasteiger partial charge in [-0.05, 0) is 6.92 Å². The first-order valence-electron chi connectivity index (χ1n) is 6.37. The number of Topliss-reactive ketones (excluding diaryl/α,β-unsaturated/α-hetero) is 1. The number of hydrogen-bond acceptors (Lipinski definition) is 6. The first kappa shape index (κ1) is 20.6. The smallest absolute Gasteiger partial charge is 0.452 e. The molecule has 0 saturated carbocycles. The van der Waals surface area contributed by atoms with E-state index in [1.165, 1.54) is 6.92 Å². The lowest BCUT2D eigenvalue weighted by atomic mass is 10.1. The van der Waals surface area contributed by atoms with Crippen molar-refractivity contribution >= 4 is 23.4 Å².